The third-order valence-electron chi connectivity index (χ3n) is 5.15. The van der Waals surface area contributed by atoms with Gasteiger partial charge in [-0.3, -0.25) is 4.79 Å². The maximum Gasteiger partial charge on any atom is 0.334 e. The molecule has 14 heteroatoms. The lowest BCUT2D eigenvalue weighted by Crippen LogP contribution is -2.35. The lowest BCUT2D eigenvalue weighted by Gasteiger charge is -2.10. The molecule has 34 heavy (non-hydrogen) atoms. The number of aromatic nitrogens is 3. The summed E-state index contributed by atoms with van der Waals surface area (Å²) >= 11 is 6.55. The maximum absolute atomic E-state index is 13.0. The van der Waals surface area contributed by atoms with Crippen LogP contribution in [0.2, 0.25) is 4.34 Å². The first-order chi connectivity index (χ1) is 16.2. The molecule has 11 nitrogen and oxygen atoms in total. The average Bonchev–Trinajstić information content (AvgIpc) is 3.44. The van der Waals surface area contributed by atoms with Crippen molar-refractivity contribution in [3.05, 3.63) is 73.3 Å². The van der Waals surface area contributed by atoms with Crippen LogP contribution in [0.25, 0.3) is 16.7 Å². The number of carbonyl (C=O) groups is 1. The molecule has 1 aliphatic rings. The van der Waals surface area contributed by atoms with Crippen molar-refractivity contribution >= 4 is 61.3 Å². The van der Waals surface area contributed by atoms with E-state index in [4.69, 9.17) is 11.6 Å². The first kappa shape index (κ1) is 22.1. The standard InChI is InChI=1S/C20H15ClN6O5S2/c21-14-4-6-16(33-14)34(31,32)26-19(29)24-10-1-5-15(23-9-10)27-18(28)12-2-3-13-11(7-8-22-13)17(12)25-20(27)30/h1-6,9,22H,7-8H2,(H,25,30)(H2,24,26,29). The number of hydrogen-bond donors (Lipinski definition) is 4. The molecule has 0 fully saturated rings. The lowest BCUT2D eigenvalue weighted by atomic mass is 10.1. The largest absolute Gasteiger partial charge is 0.384 e. The van der Waals surface area contributed by atoms with E-state index < -0.39 is 27.3 Å². The van der Waals surface area contributed by atoms with Crippen molar-refractivity contribution in [3.63, 3.8) is 0 Å². The van der Waals surface area contributed by atoms with Gasteiger partial charge in [0.05, 0.1) is 27.1 Å². The first-order valence-corrected chi connectivity index (χ1v) is 12.5. The number of halogens is 1. The quantitative estimate of drug-likeness (QED) is 0.323. The summed E-state index contributed by atoms with van der Waals surface area (Å²) in [7, 11) is -4.09. The van der Waals surface area contributed by atoms with Gasteiger partial charge >= 0.3 is 11.7 Å². The number of fused-ring (bicyclic) bond motifs is 3. The Bertz CT molecular complexity index is 1670. The summed E-state index contributed by atoms with van der Waals surface area (Å²) in [5.74, 6) is 0.0404. The summed E-state index contributed by atoms with van der Waals surface area (Å²) in [4.78, 5) is 44.7. The van der Waals surface area contributed by atoms with Gasteiger partial charge in [0.2, 0.25) is 0 Å². The molecular weight excluding hydrogens is 504 g/mol. The fraction of sp³-hybridized carbons (Fsp3) is 0.100. The van der Waals surface area contributed by atoms with Crippen molar-refractivity contribution in [2.75, 3.05) is 17.2 Å². The number of pyridine rings is 1. The Morgan fingerprint density at radius 2 is 1.97 bits per heavy atom. The molecule has 1 aliphatic heterocycles. The van der Waals surface area contributed by atoms with Crippen LogP contribution >= 0.6 is 22.9 Å². The third-order valence-corrected chi connectivity index (χ3v) is 8.20. The van der Waals surface area contributed by atoms with E-state index in [1.54, 1.807) is 12.1 Å². The zero-order valence-corrected chi connectivity index (χ0v) is 19.5. The zero-order valence-electron chi connectivity index (χ0n) is 17.1. The average molecular weight is 519 g/mol. The highest BCUT2D eigenvalue weighted by atomic mass is 35.5. The van der Waals surface area contributed by atoms with Gasteiger partial charge in [-0.1, -0.05) is 11.6 Å². The minimum Gasteiger partial charge on any atom is -0.384 e. The molecule has 0 saturated carbocycles. The van der Waals surface area contributed by atoms with E-state index >= 15 is 0 Å². The molecule has 3 aromatic heterocycles. The number of urea groups is 1. The molecule has 0 saturated heterocycles. The van der Waals surface area contributed by atoms with Gasteiger partial charge in [0.25, 0.3) is 15.6 Å². The van der Waals surface area contributed by atoms with E-state index in [-0.39, 0.29) is 20.1 Å². The van der Waals surface area contributed by atoms with Gasteiger partial charge in [-0.25, -0.2) is 32.3 Å². The van der Waals surface area contributed by atoms with Gasteiger partial charge in [-0.05, 0) is 42.8 Å². The highest BCUT2D eigenvalue weighted by molar-refractivity contribution is 7.92. The molecule has 5 rings (SSSR count). The number of rotatable bonds is 4. The number of amides is 2. The van der Waals surface area contributed by atoms with E-state index in [1.807, 2.05) is 4.72 Å². The predicted molar refractivity (Wildman–Crippen MR) is 129 cm³/mol. The van der Waals surface area contributed by atoms with Gasteiger partial charge in [0.15, 0.2) is 0 Å². The van der Waals surface area contributed by atoms with Crippen molar-refractivity contribution in [1.29, 1.82) is 0 Å². The van der Waals surface area contributed by atoms with Crippen molar-refractivity contribution in [2.24, 2.45) is 0 Å². The van der Waals surface area contributed by atoms with Crippen LogP contribution in [-0.2, 0) is 16.4 Å². The Morgan fingerprint density at radius 3 is 2.68 bits per heavy atom. The molecule has 174 valence electrons. The Hall–Kier alpha value is -3.68. The highest BCUT2D eigenvalue weighted by Crippen LogP contribution is 2.27. The number of hydrogen-bond acceptors (Lipinski definition) is 8. The minimum atomic E-state index is -4.09. The number of aromatic amines is 1. The van der Waals surface area contributed by atoms with Crippen LogP contribution in [0.1, 0.15) is 5.56 Å². The van der Waals surface area contributed by atoms with Crippen molar-refractivity contribution in [2.45, 2.75) is 10.6 Å². The molecule has 4 aromatic rings. The number of H-pyrrole nitrogens is 1. The van der Waals surface area contributed by atoms with Crippen LogP contribution in [0.4, 0.5) is 16.2 Å². The molecule has 1 aromatic carbocycles. The third kappa shape index (κ3) is 3.93. The second kappa shape index (κ2) is 8.27. The lowest BCUT2D eigenvalue weighted by molar-refractivity contribution is 0.256. The van der Waals surface area contributed by atoms with Crippen LogP contribution in [-0.4, -0.2) is 35.5 Å². The second-order valence-electron chi connectivity index (χ2n) is 7.28. The Morgan fingerprint density at radius 1 is 1.15 bits per heavy atom. The summed E-state index contributed by atoms with van der Waals surface area (Å²) < 4.78 is 27.4. The SMILES string of the molecule is O=C(Nc1ccc(-n2c(=O)[nH]c3c4c(ccc3c2=O)NCC4)nc1)NS(=O)(=O)c1ccc(Cl)s1. The maximum atomic E-state index is 13.0. The predicted octanol–water partition coefficient (Wildman–Crippen LogP) is 2.27. The fourth-order valence-electron chi connectivity index (χ4n) is 3.66. The van der Waals surface area contributed by atoms with Crippen LogP contribution in [0.15, 0.2) is 56.4 Å². The molecule has 4 heterocycles. The Balaban J connectivity index is 1.39. The second-order valence-corrected chi connectivity index (χ2v) is 10.9. The number of benzene rings is 1. The van der Waals surface area contributed by atoms with Gasteiger partial charge in [0, 0.05) is 17.8 Å². The summed E-state index contributed by atoms with van der Waals surface area (Å²) in [6, 6.07) is 7.86. The summed E-state index contributed by atoms with van der Waals surface area (Å²) in [5.41, 5.74) is 1.24. The van der Waals surface area contributed by atoms with Crippen molar-refractivity contribution < 1.29 is 13.2 Å². The minimum absolute atomic E-state index is 0.0404. The monoisotopic (exact) mass is 518 g/mol. The number of anilines is 2. The van der Waals surface area contributed by atoms with Gasteiger partial charge in [-0.15, -0.1) is 11.3 Å². The van der Waals surface area contributed by atoms with E-state index in [1.165, 1.54) is 30.5 Å². The highest BCUT2D eigenvalue weighted by Gasteiger charge is 2.21. The van der Waals surface area contributed by atoms with Gasteiger partial charge in [0.1, 0.15) is 10.0 Å². The van der Waals surface area contributed by atoms with Gasteiger partial charge < -0.3 is 15.6 Å². The topological polar surface area (TPSA) is 155 Å². The fourth-order valence-corrected chi connectivity index (χ4v) is 6.05. The normalized spacial score (nSPS) is 12.9. The van der Waals surface area contributed by atoms with Crippen LogP contribution < -0.4 is 26.6 Å². The number of nitrogens with zero attached hydrogens (tertiary/aromatic N) is 2. The van der Waals surface area contributed by atoms with E-state index in [0.29, 0.717) is 17.3 Å². The van der Waals surface area contributed by atoms with E-state index in [2.05, 4.69) is 20.6 Å². The van der Waals surface area contributed by atoms with Crippen LogP contribution in [0.3, 0.4) is 0 Å². The molecular formula is C20H15ClN6O5S2. The van der Waals surface area contributed by atoms with Gasteiger partial charge in [-0.2, -0.15) is 0 Å². The van der Waals surface area contributed by atoms with Crippen molar-refractivity contribution in [1.82, 2.24) is 19.3 Å². The molecule has 0 bridgehead atoms. The summed E-state index contributed by atoms with van der Waals surface area (Å²) in [6.45, 7) is 0.728. The smallest absolute Gasteiger partial charge is 0.334 e. The molecule has 0 atom stereocenters. The zero-order chi connectivity index (χ0) is 24.0. The van der Waals surface area contributed by atoms with Crippen LogP contribution in [0.5, 0.6) is 0 Å². The first-order valence-electron chi connectivity index (χ1n) is 9.83. The molecule has 4 N–H and O–H groups in total. The molecule has 0 aliphatic carbocycles. The Labute approximate surface area is 200 Å². The number of thiophene rings is 1. The number of nitrogens with one attached hydrogen (secondary N) is 4. The summed E-state index contributed by atoms with van der Waals surface area (Å²) in [5, 5.41) is 5.89. The molecule has 0 spiro atoms. The molecule has 0 unspecified atom stereocenters. The summed E-state index contributed by atoms with van der Waals surface area (Å²) in [6.07, 6.45) is 1.90. The van der Waals surface area contributed by atoms with E-state index in [0.717, 1.165) is 33.7 Å². The van der Waals surface area contributed by atoms with Crippen LogP contribution in [0, 0.1) is 0 Å². The molecule has 0 radical (unpaired) electrons. The molecule has 2 amide bonds. The van der Waals surface area contributed by atoms with E-state index in [9.17, 15) is 22.8 Å². The van der Waals surface area contributed by atoms with Crippen molar-refractivity contribution in [3.8, 4) is 5.82 Å². The Kier molecular flexibility index (Phi) is 5.38. The number of carbonyl (C=O) groups excluding carboxylic acids is 1. The number of sulfonamides is 1.